The summed E-state index contributed by atoms with van der Waals surface area (Å²) in [6, 6.07) is 0. The second kappa shape index (κ2) is 7.49. The van der Waals surface area contributed by atoms with Gasteiger partial charge in [0, 0.05) is 0 Å². The average molecular weight is 490 g/mol. The van der Waals surface area contributed by atoms with E-state index in [2.05, 4.69) is 113 Å². The molecule has 0 aliphatic carbocycles. The molecule has 0 radical (unpaired) electrons. The van der Waals surface area contributed by atoms with Crippen LogP contribution in [0.5, 0.6) is 0 Å². The molecule has 0 bridgehead atoms. The molecule has 23 heavy (non-hydrogen) atoms. The van der Waals surface area contributed by atoms with Gasteiger partial charge in [-0.05, 0) is 0 Å². The zero-order chi connectivity index (χ0) is 19.1. The van der Waals surface area contributed by atoms with E-state index in [1.165, 1.54) is 18.7 Å². The summed E-state index contributed by atoms with van der Waals surface area (Å²) in [5.41, 5.74) is -2.30. The molecule has 0 aromatic rings. The second-order valence-corrected chi connectivity index (χ2v) is 28.0. The third-order valence-corrected chi connectivity index (χ3v) is 31.9. The van der Waals surface area contributed by atoms with Crippen LogP contribution in [0.3, 0.4) is 0 Å². The first-order valence-electron chi connectivity index (χ1n) is 8.89. The van der Waals surface area contributed by atoms with E-state index in [1.54, 1.807) is 0 Å². The van der Waals surface area contributed by atoms with Crippen molar-refractivity contribution in [3.8, 4) is 0 Å². The van der Waals surface area contributed by atoms with Crippen LogP contribution in [0.1, 0.15) is 89.5 Å². The molecule has 4 heteroatoms. The van der Waals surface area contributed by atoms with Crippen LogP contribution in [0.15, 0.2) is 0 Å². The molecule has 0 aliphatic rings. The summed E-state index contributed by atoms with van der Waals surface area (Å²) in [6.45, 7) is 29.3. The van der Waals surface area contributed by atoms with Gasteiger partial charge in [-0.3, -0.25) is 0 Å². The Morgan fingerprint density at radius 2 is 0.652 bits per heavy atom. The van der Waals surface area contributed by atoms with Crippen LogP contribution in [-0.4, -0.2) is 63.1 Å². The Kier molecular flexibility index (Phi) is 8.11. The summed E-state index contributed by atoms with van der Waals surface area (Å²) < 4.78 is 0. The third-order valence-electron chi connectivity index (χ3n) is 5.28. The summed E-state index contributed by atoms with van der Waals surface area (Å²) >= 11 is 7.49. The van der Waals surface area contributed by atoms with E-state index in [0.29, 0.717) is 20.6 Å². The van der Waals surface area contributed by atoms with Gasteiger partial charge >= 0.3 is 164 Å². The van der Waals surface area contributed by atoms with Crippen molar-refractivity contribution in [2.45, 2.75) is 110 Å². The second-order valence-electron chi connectivity index (χ2n) is 11.0. The molecule has 0 N–H and O–H groups in total. The summed E-state index contributed by atoms with van der Waals surface area (Å²) in [5.74, 6) is 0. The molecule has 0 aromatic heterocycles. The van der Waals surface area contributed by atoms with Gasteiger partial charge in [0.25, 0.3) is 0 Å². The van der Waals surface area contributed by atoms with E-state index < -0.39 is 11.0 Å². The standard InChI is InChI=1S/C19H42P2Se2/c1-16(2,3)20(22,17(4,5)6)14-13-15-21(23,18(7,8)9)19(10,11)12/h13-15H2,1-12H3. The summed E-state index contributed by atoms with van der Waals surface area (Å²) in [4.78, 5) is 0. The molecule has 0 aliphatic heterocycles. The fourth-order valence-electron chi connectivity index (χ4n) is 3.87. The van der Waals surface area contributed by atoms with Gasteiger partial charge in [0.2, 0.25) is 0 Å². The number of hydrogen-bond donors (Lipinski definition) is 0. The van der Waals surface area contributed by atoms with Gasteiger partial charge in [0.1, 0.15) is 0 Å². The predicted molar refractivity (Wildman–Crippen MR) is 119 cm³/mol. The molecule has 0 unspecified atom stereocenters. The van der Waals surface area contributed by atoms with E-state index >= 15 is 0 Å². The van der Waals surface area contributed by atoms with Gasteiger partial charge in [-0.15, -0.1) is 0 Å². The van der Waals surface area contributed by atoms with Crippen molar-refractivity contribution in [3.63, 3.8) is 0 Å². The average Bonchev–Trinajstić information content (AvgIpc) is 2.22. The van der Waals surface area contributed by atoms with Crippen LogP contribution >= 0.6 is 11.0 Å². The monoisotopic (exact) mass is 492 g/mol. The van der Waals surface area contributed by atoms with E-state index in [0.717, 1.165) is 0 Å². The zero-order valence-corrected chi connectivity index (χ0v) is 23.0. The molecule has 0 spiro atoms. The molecule has 0 atom stereocenters. The van der Waals surface area contributed by atoms with Crippen molar-refractivity contribution in [1.29, 1.82) is 0 Å². The zero-order valence-electron chi connectivity index (χ0n) is 17.8. The minimum atomic E-state index is -1.15. The molecule has 140 valence electrons. The molecule has 0 rings (SSSR count). The van der Waals surface area contributed by atoms with Crippen molar-refractivity contribution in [3.05, 3.63) is 0 Å². The molecule has 0 nitrogen and oxygen atoms in total. The molecule has 0 saturated heterocycles. The Hall–Kier alpha value is 1.90. The molecular formula is C19H42P2Se2. The van der Waals surface area contributed by atoms with Crippen molar-refractivity contribution in [2.24, 2.45) is 0 Å². The Labute approximate surface area is 163 Å². The van der Waals surface area contributed by atoms with Crippen molar-refractivity contribution in [2.75, 3.05) is 12.3 Å². The van der Waals surface area contributed by atoms with Gasteiger partial charge < -0.3 is 0 Å². The topological polar surface area (TPSA) is 0 Å². The van der Waals surface area contributed by atoms with E-state index in [-0.39, 0.29) is 0 Å². The van der Waals surface area contributed by atoms with Crippen LogP contribution in [0.4, 0.5) is 0 Å². The fourth-order valence-corrected chi connectivity index (χ4v) is 13.7. The molecular weight excluding hydrogens is 448 g/mol. The first-order valence-corrected chi connectivity index (χ1v) is 17.3. The molecule has 0 heterocycles. The van der Waals surface area contributed by atoms with Gasteiger partial charge in [-0.2, -0.15) is 0 Å². The maximum atomic E-state index is 3.75. The van der Waals surface area contributed by atoms with Crippen LogP contribution in [0, 0.1) is 0 Å². The summed E-state index contributed by atoms with van der Waals surface area (Å²) in [7, 11) is 0. The first-order chi connectivity index (χ1) is 9.71. The Balaban J connectivity index is 5.48. The Morgan fingerprint density at radius 3 is 0.783 bits per heavy atom. The molecule has 0 aromatic carbocycles. The van der Waals surface area contributed by atoms with Gasteiger partial charge in [-0.1, -0.05) is 0 Å². The Bertz CT molecular complexity index is 409. The van der Waals surface area contributed by atoms with Gasteiger partial charge in [-0.25, -0.2) is 0 Å². The van der Waals surface area contributed by atoms with E-state index in [1.807, 2.05) is 0 Å². The molecule has 0 fully saturated rings. The van der Waals surface area contributed by atoms with Crippen molar-refractivity contribution in [1.82, 2.24) is 0 Å². The normalized spacial score (nSPS) is 15.8. The molecule has 0 amide bonds. The third kappa shape index (κ3) is 5.44. The SMILES string of the molecule is CC(C)(C)P(=[Se])(CCCP(=[Se])(C(C)(C)C)C(C)(C)C)C(C)(C)C. The van der Waals surface area contributed by atoms with E-state index in [9.17, 15) is 0 Å². The summed E-state index contributed by atoms with van der Waals surface area (Å²) in [6.07, 6.45) is 4.09. The van der Waals surface area contributed by atoms with Crippen LogP contribution in [0.2, 0.25) is 0 Å². The van der Waals surface area contributed by atoms with Crippen LogP contribution in [-0.2, 0) is 0 Å². The van der Waals surface area contributed by atoms with Gasteiger partial charge in [0.05, 0.1) is 0 Å². The van der Waals surface area contributed by atoms with Crippen LogP contribution in [0.25, 0.3) is 0 Å². The Morgan fingerprint density at radius 1 is 0.478 bits per heavy atom. The first kappa shape index (κ1) is 24.9. The number of hydrogen-bond acceptors (Lipinski definition) is 0. The maximum absolute atomic E-state index is 3.75. The number of rotatable bonds is 4. The fraction of sp³-hybridized carbons (Fsp3) is 1.00. The minimum absolute atomic E-state index is 0.382. The van der Waals surface area contributed by atoms with Crippen molar-refractivity contribution < 1.29 is 0 Å². The van der Waals surface area contributed by atoms with Crippen LogP contribution < -0.4 is 0 Å². The van der Waals surface area contributed by atoms with Gasteiger partial charge in [0.15, 0.2) is 0 Å². The quantitative estimate of drug-likeness (QED) is 0.301. The molecule has 0 saturated carbocycles. The van der Waals surface area contributed by atoms with E-state index in [4.69, 9.17) is 0 Å². The van der Waals surface area contributed by atoms with Crippen molar-refractivity contribution >= 4 is 41.2 Å². The predicted octanol–water partition coefficient (Wildman–Crippen LogP) is 6.77. The summed E-state index contributed by atoms with van der Waals surface area (Å²) in [5, 5.41) is 1.53.